The summed E-state index contributed by atoms with van der Waals surface area (Å²) in [4.78, 5) is 10.0. The zero-order chi connectivity index (χ0) is 15.5. The van der Waals surface area contributed by atoms with Crippen LogP contribution >= 0.6 is 0 Å². The van der Waals surface area contributed by atoms with Crippen LogP contribution in [0.2, 0.25) is 0 Å². The summed E-state index contributed by atoms with van der Waals surface area (Å²) < 4.78 is 45.0. The fourth-order valence-corrected chi connectivity index (χ4v) is 1.51. The van der Waals surface area contributed by atoms with Crippen molar-refractivity contribution in [3.63, 3.8) is 0 Å². The number of nitro benzene ring substituents is 1. The van der Waals surface area contributed by atoms with Crippen molar-refractivity contribution in [3.8, 4) is 17.2 Å². The van der Waals surface area contributed by atoms with Gasteiger partial charge in [-0.15, -0.1) is 13.2 Å². The molecule has 0 aliphatic heterocycles. The minimum atomic E-state index is -4.76. The molecule has 21 heavy (non-hydrogen) atoms. The SMILES string of the molecule is O=[N+]([O-])c1cccc(Oc2ccc(OC(F)(F)F)cc2)c1. The van der Waals surface area contributed by atoms with Crippen LogP contribution in [-0.4, -0.2) is 11.3 Å². The van der Waals surface area contributed by atoms with Crippen LogP contribution in [0.5, 0.6) is 17.2 Å². The number of nitro groups is 1. The highest BCUT2D eigenvalue weighted by molar-refractivity contribution is 5.41. The Morgan fingerprint density at radius 3 is 2.14 bits per heavy atom. The molecule has 110 valence electrons. The number of halogens is 3. The number of nitrogens with zero attached hydrogens (tertiary/aromatic N) is 1. The summed E-state index contributed by atoms with van der Waals surface area (Å²) >= 11 is 0. The standard InChI is InChI=1S/C13H8F3NO4/c14-13(15,16)21-11-6-4-10(5-7-11)20-12-3-1-2-9(8-12)17(18)19/h1-8H. The van der Waals surface area contributed by atoms with Gasteiger partial charge >= 0.3 is 6.36 Å². The molecule has 0 radical (unpaired) electrons. The minimum Gasteiger partial charge on any atom is -0.457 e. The Labute approximate surface area is 116 Å². The third-order valence-corrected chi connectivity index (χ3v) is 2.32. The largest absolute Gasteiger partial charge is 0.573 e. The van der Waals surface area contributed by atoms with Gasteiger partial charge in [0, 0.05) is 6.07 Å². The van der Waals surface area contributed by atoms with Gasteiger partial charge in [-0.25, -0.2) is 0 Å². The Hall–Kier alpha value is -2.77. The van der Waals surface area contributed by atoms with E-state index in [0.29, 0.717) is 0 Å². The van der Waals surface area contributed by atoms with Gasteiger partial charge in [-0.3, -0.25) is 10.1 Å². The van der Waals surface area contributed by atoms with E-state index in [0.717, 1.165) is 12.1 Å². The maximum Gasteiger partial charge on any atom is 0.573 e. The fraction of sp³-hybridized carbons (Fsp3) is 0.0769. The summed E-state index contributed by atoms with van der Waals surface area (Å²) in [7, 11) is 0. The first-order valence-corrected chi connectivity index (χ1v) is 5.61. The fourth-order valence-electron chi connectivity index (χ4n) is 1.51. The van der Waals surface area contributed by atoms with Crippen molar-refractivity contribution in [1.29, 1.82) is 0 Å². The van der Waals surface area contributed by atoms with E-state index in [1.54, 1.807) is 0 Å². The summed E-state index contributed by atoms with van der Waals surface area (Å²) in [6.07, 6.45) is -4.76. The summed E-state index contributed by atoms with van der Waals surface area (Å²) in [5, 5.41) is 10.6. The van der Waals surface area contributed by atoms with E-state index in [4.69, 9.17) is 4.74 Å². The first-order valence-electron chi connectivity index (χ1n) is 5.61. The Morgan fingerprint density at radius 2 is 1.57 bits per heavy atom. The Kier molecular flexibility index (Phi) is 3.97. The van der Waals surface area contributed by atoms with Crippen LogP contribution < -0.4 is 9.47 Å². The molecule has 0 saturated heterocycles. The lowest BCUT2D eigenvalue weighted by molar-refractivity contribution is -0.384. The predicted octanol–water partition coefficient (Wildman–Crippen LogP) is 4.29. The van der Waals surface area contributed by atoms with Crippen LogP contribution in [0, 0.1) is 10.1 Å². The number of ether oxygens (including phenoxy) is 2. The van der Waals surface area contributed by atoms with E-state index in [9.17, 15) is 23.3 Å². The van der Waals surface area contributed by atoms with Gasteiger partial charge in [0.2, 0.25) is 0 Å². The predicted molar refractivity (Wildman–Crippen MR) is 66.3 cm³/mol. The highest BCUT2D eigenvalue weighted by atomic mass is 19.4. The highest BCUT2D eigenvalue weighted by Gasteiger charge is 2.30. The van der Waals surface area contributed by atoms with Crippen LogP contribution in [-0.2, 0) is 0 Å². The summed E-state index contributed by atoms with van der Waals surface area (Å²) in [5.41, 5.74) is -0.149. The normalized spacial score (nSPS) is 11.0. The van der Waals surface area contributed by atoms with Gasteiger partial charge in [0.05, 0.1) is 11.0 Å². The Bertz CT molecular complexity index is 641. The molecule has 5 nitrogen and oxygen atoms in total. The molecule has 2 aromatic rings. The third-order valence-electron chi connectivity index (χ3n) is 2.32. The quantitative estimate of drug-likeness (QED) is 0.624. The second-order valence-electron chi connectivity index (χ2n) is 3.88. The minimum absolute atomic E-state index is 0.149. The van der Waals surface area contributed by atoms with Crippen molar-refractivity contribution in [2.24, 2.45) is 0 Å². The van der Waals surface area contributed by atoms with E-state index in [1.165, 1.54) is 36.4 Å². The van der Waals surface area contributed by atoms with Crippen LogP contribution in [0.25, 0.3) is 0 Å². The highest BCUT2D eigenvalue weighted by Crippen LogP contribution is 2.28. The molecule has 0 unspecified atom stereocenters. The van der Waals surface area contributed by atoms with Crippen molar-refractivity contribution in [3.05, 3.63) is 58.6 Å². The number of non-ortho nitro benzene ring substituents is 1. The van der Waals surface area contributed by atoms with Crippen LogP contribution in [0.15, 0.2) is 48.5 Å². The van der Waals surface area contributed by atoms with Gasteiger partial charge in [-0.2, -0.15) is 0 Å². The van der Waals surface area contributed by atoms with E-state index >= 15 is 0 Å². The molecule has 0 bridgehead atoms. The van der Waals surface area contributed by atoms with Crippen molar-refractivity contribution in [2.45, 2.75) is 6.36 Å². The maximum atomic E-state index is 12.0. The van der Waals surface area contributed by atoms with Gasteiger partial charge < -0.3 is 9.47 Å². The smallest absolute Gasteiger partial charge is 0.457 e. The molecule has 0 fully saturated rings. The molecular formula is C13H8F3NO4. The molecule has 0 spiro atoms. The van der Waals surface area contributed by atoms with E-state index in [2.05, 4.69) is 4.74 Å². The Morgan fingerprint density at radius 1 is 0.952 bits per heavy atom. The lowest BCUT2D eigenvalue weighted by Crippen LogP contribution is -2.16. The molecule has 0 aromatic heterocycles. The average molecular weight is 299 g/mol. The first-order chi connectivity index (χ1) is 9.83. The van der Waals surface area contributed by atoms with E-state index < -0.39 is 11.3 Å². The van der Waals surface area contributed by atoms with Gasteiger partial charge in [-0.1, -0.05) is 6.07 Å². The topological polar surface area (TPSA) is 61.6 Å². The van der Waals surface area contributed by atoms with Crippen molar-refractivity contribution in [2.75, 3.05) is 0 Å². The molecular weight excluding hydrogens is 291 g/mol. The number of hydrogen-bond donors (Lipinski definition) is 0. The first kappa shape index (κ1) is 14.6. The second-order valence-corrected chi connectivity index (χ2v) is 3.88. The maximum absolute atomic E-state index is 12.0. The molecule has 0 N–H and O–H groups in total. The van der Waals surface area contributed by atoms with E-state index in [1.807, 2.05) is 0 Å². The zero-order valence-electron chi connectivity index (χ0n) is 10.3. The third kappa shape index (κ3) is 4.37. The molecule has 0 heterocycles. The Balaban J connectivity index is 2.10. The molecule has 2 aromatic carbocycles. The van der Waals surface area contributed by atoms with Gasteiger partial charge in [0.1, 0.15) is 17.2 Å². The number of alkyl halides is 3. The molecule has 0 amide bonds. The van der Waals surface area contributed by atoms with Gasteiger partial charge in [0.25, 0.3) is 5.69 Å². The van der Waals surface area contributed by atoms with Gasteiger partial charge in [-0.05, 0) is 30.3 Å². The summed E-state index contributed by atoms with van der Waals surface area (Å²) in [6, 6.07) is 10.1. The van der Waals surface area contributed by atoms with Crippen LogP contribution in [0.3, 0.4) is 0 Å². The zero-order valence-corrected chi connectivity index (χ0v) is 10.3. The van der Waals surface area contributed by atoms with E-state index in [-0.39, 0.29) is 22.9 Å². The average Bonchev–Trinajstić information content (AvgIpc) is 2.40. The molecule has 0 aliphatic carbocycles. The molecule has 8 heteroatoms. The number of hydrogen-bond acceptors (Lipinski definition) is 4. The molecule has 0 aliphatic rings. The lowest BCUT2D eigenvalue weighted by Gasteiger charge is -2.10. The monoisotopic (exact) mass is 299 g/mol. The molecule has 2 rings (SSSR count). The summed E-state index contributed by atoms with van der Waals surface area (Å²) in [6.45, 7) is 0. The number of rotatable bonds is 4. The van der Waals surface area contributed by atoms with Crippen LogP contribution in [0.4, 0.5) is 18.9 Å². The molecule has 0 atom stereocenters. The van der Waals surface area contributed by atoms with Crippen LogP contribution in [0.1, 0.15) is 0 Å². The second kappa shape index (κ2) is 5.70. The number of benzene rings is 2. The summed E-state index contributed by atoms with van der Waals surface area (Å²) in [5.74, 6) is 0.0487. The van der Waals surface area contributed by atoms with Crippen molar-refractivity contribution >= 4 is 5.69 Å². The van der Waals surface area contributed by atoms with Gasteiger partial charge in [0.15, 0.2) is 0 Å². The molecule has 0 saturated carbocycles. The lowest BCUT2D eigenvalue weighted by atomic mass is 10.3. The van der Waals surface area contributed by atoms with Crippen molar-refractivity contribution in [1.82, 2.24) is 0 Å². The van der Waals surface area contributed by atoms with Crippen molar-refractivity contribution < 1.29 is 27.6 Å².